The van der Waals surface area contributed by atoms with Gasteiger partial charge in [-0.15, -0.1) is 11.3 Å². The van der Waals surface area contributed by atoms with Crippen LogP contribution in [0.15, 0.2) is 30.3 Å². The number of alkyl halides is 2. The van der Waals surface area contributed by atoms with Crippen molar-refractivity contribution >= 4 is 52.0 Å². The summed E-state index contributed by atoms with van der Waals surface area (Å²) >= 11 is 7.08. The minimum atomic E-state index is -2.87. The predicted molar refractivity (Wildman–Crippen MR) is 141 cm³/mol. The van der Waals surface area contributed by atoms with E-state index in [0.29, 0.717) is 33.3 Å². The lowest BCUT2D eigenvalue weighted by Crippen LogP contribution is -2.53. The van der Waals surface area contributed by atoms with Gasteiger partial charge in [0.15, 0.2) is 0 Å². The van der Waals surface area contributed by atoms with Crippen LogP contribution in [-0.2, 0) is 14.3 Å². The number of carbonyl (C=O) groups excluding carboxylic acids is 3. The Balaban J connectivity index is 1.32. The molecule has 0 bridgehead atoms. The lowest BCUT2D eigenvalue weighted by Gasteiger charge is -2.28. The van der Waals surface area contributed by atoms with E-state index in [4.69, 9.17) is 16.3 Å². The maximum absolute atomic E-state index is 14.0. The highest BCUT2D eigenvalue weighted by Gasteiger charge is 2.43. The number of halogens is 3. The Labute approximate surface area is 228 Å². The highest BCUT2D eigenvalue weighted by molar-refractivity contribution is 7.18. The summed E-state index contributed by atoms with van der Waals surface area (Å²) < 4.78 is 33.7. The number of hydrogen-bond donors (Lipinski definition) is 3. The van der Waals surface area contributed by atoms with E-state index in [2.05, 4.69) is 16.0 Å². The Morgan fingerprint density at radius 3 is 2.47 bits per heavy atom. The van der Waals surface area contributed by atoms with Gasteiger partial charge in [-0.2, -0.15) is 0 Å². The van der Waals surface area contributed by atoms with E-state index < -0.39 is 18.4 Å². The number of nitrogens with zero attached hydrogens (tertiary/aromatic N) is 1. The molecule has 1 aromatic heterocycles. The Morgan fingerprint density at radius 1 is 1.13 bits per heavy atom. The molecular weight excluding hydrogens is 538 g/mol. The molecule has 0 radical (unpaired) electrons. The molecular formula is C26H29ClF2N4O4S. The first kappa shape index (κ1) is 27.0. The monoisotopic (exact) mass is 566 g/mol. The van der Waals surface area contributed by atoms with E-state index in [9.17, 15) is 23.2 Å². The number of amides is 3. The van der Waals surface area contributed by atoms with Crippen molar-refractivity contribution in [3.63, 3.8) is 0 Å². The summed E-state index contributed by atoms with van der Waals surface area (Å²) in [5, 5.41) is 8.85. The van der Waals surface area contributed by atoms with Gasteiger partial charge in [0.05, 0.1) is 15.8 Å². The first-order valence-corrected chi connectivity index (χ1v) is 13.9. The first-order chi connectivity index (χ1) is 18.3. The maximum Gasteiger partial charge on any atom is 0.265 e. The molecule has 0 unspecified atom stereocenters. The average molecular weight is 567 g/mol. The van der Waals surface area contributed by atoms with Gasteiger partial charge in [-0.1, -0.05) is 11.6 Å². The molecule has 2 aliphatic carbocycles. The smallest absolute Gasteiger partial charge is 0.265 e. The zero-order valence-corrected chi connectivity index (χ0v) is 22.1. The quantitative estimate of drug-likeness (QED) is 0.378. The van der Waals surface area contributed by atoms with Gasteiger partial charge in [0.2, 0.25) is 5.91 Å². The molecule has 2 saturated carbocycles. The summed E-state index contributed by atoms with van der Waals surface area (Å²) in [6.45, 7) is 0.453. The van der Waals surface area contributed by atoms with E-state index in [-0.39, 0.29) is 48.8 Å². The summed E-state index contributed by atoms with van der Waals surface area (Å²) in [7, 11) is 0. The van der Waals surface area contributed by atoms with Crippen LogP contribution in [0, 0.1) is 11.8 Å². The molecule has 3 fully saturated rings. The van der Waals surface area contributed by atoms with Crippen molar-refractivity contribution < 1.29 is 27.9 Å². The van der Waals surface area contributed by atoms with Crippen molar-refractivity contribution in [2.75, 3.05) is 36.5 Å². The second-order valence-corrected chi connectivity index (χ2v) is 11.6. The molecule has 2 heterocycles. The number of rotatable bonds is 11. The fourth-order valence-electron chi connectivity index (χ4n) is 4.77. The number of ether oxygens (including phenoxy) is 1. The van der Waals surface area contributed by atoms with Crippen molar-refractivity contribution in [2.24, 2.45) is 11.8 Å². The lowest BCUT2D eigenvalue weighted by atomic mass is 10.1. The topological polar surface area (TPSA) is 99.8 Å². The van der Waals surface area contributed by atoms with Crippen molar-refractivity contribution in [3.8, 4) is 0 Å². The number of anilines is 2. The average Bonchev–Trinajstić information content (AvgIpc) is 3.83. The van der Waals surface area contributed by atoms with Crippen LogP contribution in [-0.4, -0.2) is 56.1 Å². The molecule has 1 aromatic carbocycles. The van der Waals surface area contributed by atoms with Gasteiger partial charge >= 0.3 is 0 Å². The number of thiophene rings is 1. The normalized spacial score (nSPS) is 18.7. The fraction of sp³-hybridized carbons (Fsp3) is 0.500. The number of benzene rings is 1. The predicted octanol–water partition coefficient (Wildman–Crippen LogP) is 4.22. The Morgan fingerprint density at radius 2 is 1.87 bits per heavy atom. The molecule has 3 aliphatic rings. The molecule has 1 aliphatic heterocycles. The Kier molecular flexibility index (Phi) is 8.27. The second kappa shape index (κ2) is 11.6. The standard InChI is InChI=1S/C26H29ClF2N4O4S/c27-21-8-7-20(38-21)26(36)30-12-19(31-23(14-1-2-14)15-3-4-15)25(35)32-18-6-5-16(11-17(18)24(28)29)33-9-10-37-13-22(33)34/h5-8,11,14-15,19,23-24,31H,1-4,9-10,12-13H2,(H,30,36)(H,32,35)/t19-/m1/s1. The van der Waals surface area contributed by atoms with E-state index >= 15 is 0 Å². The number of nitrogens with one attached hydrogen (secondary N) is 3. The summed E-state index contributed by atoms with van der Waals surface area (Å²) in [6, 6.07) is 6.70. The summed E-state index contributed by atoms with van der Waals surface area (Å²) in [4.78, 5) is 40.0. The molecule has 0 spiro atoms. The van der Waals surface area contributed by atoms with Crippen molar-refractivity contribution in [1.29, 1.82) is 0 Å². The lowest BCUT2D eigenvalue weighted by molar-refractivity contribution is -0.125. The van der Waals surface area contributed by atoms with E-state index in [0.717, 1.165) is 37.0 Å². The zero-order chi connectivity index (χ0) is 26.8. The van der Waals surface area contributed by atoms with Crippen LogP contribution in [0.2, 0.25) is 4.34 Å². The fourth-order valence-corrected chi connectivity index (χ4v) is 5.73. The summed E-state index contributed by atoms with van der Waals surface area (Å²) in [6.07, 6.45) is 1.46. The number of hydrogen-bond acceptors (Lipinski definition) is 6. The third kappa shape index (κ3) is 6.51. The van der Waals surface area contributed by atoms with Crippen LogP contribution in [0.4, 0.5) is 20.2 Å². The summed E-state index contributed by atoms with van der Waals surface area (Å²) in [5.74, 6) is -0.230. The highest BCUT2D eigenvalue weighted by Crippen LogP contribution is 2.44. The van der Waals surface area contributed by atoms with Crippen LogP contribution in [0.5, 0.6) is 0 Å². The van der Waals surface area contributed by atoms with Crippen LogP contribution >= 0.6 is 22.9 Å². The third-order valence-electron chi connectivity index (χ3n) is 7.06. The van der Waals surface area contributed by atoms with Crippen LogP contribution in [0.25, 0.3) is 0 Å². The van der Waals surface area contributed by atoms with Gasteiger partial charge in [-0.25, -0.2) is 8.78 Å². The van der Waals surface area contributed by atoms with Gasteiger partial charge in [0.1, 0.15) is 12.6 Å². The molecule has 1 atom stereocenters. The molecule has 2 aromatic rings. The SMILES string of the molecule is O=C(NC[C@@H](NC(C1CC1)C1CC1)C(=O)Nc1ccc(N2CCOCC2=O)cc1C(F)F)c1ccc(Cl)s1. The number of morpholine rings is 1. The van der Waals surface area contributed by atoms with Crippen LogP contribution < -0.4 is 20.9 Å². The van der Waals surface area contributed by atoms with E-state index in [1.165, 1.54) is 23.1 Å². The van der Waals surface area contributed by atoms with Gasteiger partial charge < -0.3 is 25.6 Å². The van der Waals surface area contributed by atoms with E-state index in [1.54, 1.807) is 12.1 Å². The molecule has 5 rings (SSSR count). The Hall–Kier alpha value is -2.60. The van der Waals surface area contributed by atoms with Crippen molar-refractivity contribution in [2.45, 2.75) is 44.2 Å². The van der Waals surface area contributed by atoms with Gasteiger partial charge in [-0.05, 0) is 67.9 Å². The van der Waals surface area contributed by atoms with Crippen molar-refractivity contribution in [1.82, 2.24) is 10.6 Å². The number of carbonyl (C=O) groups is 3. The third-order valence-corrected chi connectivity index (χ3v) is 8.29. The Bertz CT molecular complexity index is 1190. The van der Waals surface area contributed by atoms with Crippen molar-refractivity contribution in [3.05, 3.63) is 45.1 Å². The largest absolute Gasteiger partial charge is 0.370 e. The highest BCUT2D eigenvalue weighted by atomic mass is 35.5. The van der Waals surface area contributed by atoms with E-state index in [1.807, 2.05) is 0 Å². The molecule has 3 amide bonds. The molecule has 12 heteroatoms. The molecule has 204 valence electrons. The molecule has 8 nitrogen and oxygen atoms in total. The van der Waals surface area contributed by atoms with Crippen LogP contribution in [0.3, 0.4) is 0 Å². The van der Waals surface area contributed by atoms with Gasteiger partial charge in [0, 0.05) is 36.1 Å². The minimum Gasteiger partial charge on any atom is -0.370 e. The minimum absolute atomic E-state index is 0.0134. The first-order valence-electron chi connectivity index (χ1n) is 12.7. The van der Waals surface area contributed by atoms with Gasteiger partial charge in [0.25, 0.3) is 18.2 Å². The van der Waals surface area contributed by atoms with Crippen LogP contribution in [0.1, 0.15) is 47.3 Å². The van der Waals surface area contributed by atoms with Gasteiger partial charge in [-0.3, -0.25) is 14.4 Å². The summed E-state index contributed by atoms with van der Waals surface area (Å²) in [5.41, 5.74) is -0.0928. The molecule has 38 heavy (non-hydrogen) atoms. The maximum atomic E-state index is 14.0. The molecule has 1 saturated heterocycles. The molecule has 3 N–H and O–H groups in total. The second-order valence-electron chi connectivity index (χ2n) is 9.89. The zero-order valence-electron chi connectivity index (χ0n) is 20.6.